The number of carbonyl (C=O) groups is 2. The fourth-order valence-electron chi connectivity index (χ4n) is 2.29. The fourth-order valence-corrected chi connectivity index (χ4v) is 2.29. The number of anilines is 1. The molecule has 128 valence electrons. The number of carbonyl (C=O) groups excluding carboxylic acids is 2. The lowest BCUT2D eigenvalue weighted by Gasteiger charge is -2.14. The second-order valence-electron chi connectivity index (χ2n) is 5.85. The van der Waals surface area contributed by atoms with Crippen molar-refractivity contribution < 1.29 is 9.59 Å². The van der Waals surface area contributed by atoms with E-state index in [-0.39, 0.29) is 30.7 Å². The van der Waals surface area contributed by atoms with Crippen LogP contribution < -0.4 is 10.6 Å². The number of benzene rings is 1. The molecule has 8 nitrogen and oxygen atoms in total. The third-order valence-electron chi connectivity index (χ3n) is 3.56. The Kier molecular flexibility index (Phi) is 6.00. The molecule has 1 atom stereocenters. The molecule has 1 aromatic heterocycles. The van der Waals surface area contributed by atoms with Crippen molar-refractivity contribution in [1.29, 1.82) is 0 Å². The molecule has 8 heteroatoms. The number of aromatic amines is 1. The first-order valence-corrected chi connectivity index (χ1v) is 7.89. The van der Waals surface area contributed by atoms with E-state index in [4.69, 9.17) is 0 Å². The minimum Gasteiger partial charge on any atom is -0.346 e. The maximum atomic E-state index is 12.1. The third-order valence-corrected chi connectivity index (χ3v) is 3.56. The predicted octanol–water partition coefficient (Wildman–Crippen LogP) is 1.92. The highest BCUT2D eigenvalue weighted by molar-refractivity contribution is 5.93. The molecule has 24 heavy (non-hydrogen) atoms. The molecular weight excluding hydrogens is 308 g/mol. The van der Waals surface area contributed by atoms with Gasteiger partial charge in [0.1, 0.15) is 0 Å². The van der Waals surface area contributed by atoms with Gasteiger partial charge in [-0.1, -0.05) is 37.3 Å². The number of nitrogens with zero attached hydrogens (tertiary/aromatic N) is 3. The van der Waals surface area contributed by atoms with E-state index in [1.54, 1.807) is 6.92 Å². The van der Waals surface area contributed by atoms with Gasteiger partial charge in [-0.2, -0.15) is 5.21 Å². The normalized spacial score (nSPS) is 12.0. The number of H-pyrrole nitrogens is 1. The quantitative estimate of drug-likeness (QED) is 0.718. The summed E-state index contributed by atoms with van der Waals surface area (Å²) >= 11 is 0. The second-order valence-corrected chi connectivity index (χ2v) is 5.85. The minimum absolute atomic E-state index is 0.0951. The van der Waals surface area contributed by atoms with Crippen molar-refractivity contribution in [3.05, 3.63) is 35.7 Å². The van der Waals surface area contributed by atoms with Crippen LogP contribution in [0.25, 0.3) is 0 Å². The zero-order valence-corrected chi connectivity index (χ0v) is 14.0. The molecule has 0 bridgehead atoms. The standard InChI is InChI=1S/C16H22N6O2/c1-10(2)12-6-4-5-7-13(12)18-15(24)9-8-14(23)17-11(3)16-19-21-22-20-16/h4-7,10-11H,8-9H2,1-3H3,(H,17,23)(H,18,24)(H,19,20,21,22). The Morgan fingerprint density at radius 1 is 1.12 bits per heavy atom. The van der Waals surface area contributed by atoms with E-state index in [9.17, 15) is 9.59 Å². The van der Waals surface area contributed by atoms with Crippen LogP contribution in [0.2, 0.25) is 0 Å². The van der Waals surface area contributed by atoms with Gasteiger partial charge in [0.15, 0.2) is 5.82 Å². The highest BCUT2D eigenvalue weighted by atomic mass is 16.2. The lowest BCUT2D eigenvalue weighted by molar-refractivity contribution is -0.124. The van der Waals surface area contributed by atoms with Crippen LogP contribution in [0.3, 0.4) is 0 Å². The van der Waals surface area contributed by atoms with Gasteiger partial charge in [-0.15, -0.1) is 10.2 Å². The Bertz CT molecular complexity index is 684. The van der Waals surface area contributed by atoms with Gasteiger partial charge in [0.25, 0.3) is 0 Å². The van der Waals surface area contributed by atoms with Gasteiger partial charge in [-0.05, 0) is 24.5 Å². The average Bonchev–Trinajstić information content (AvgIpc) is 3.08. The third kappa shape index (κ3) is 4.87. The summed E-state index contributed by atoms with van der Waals surface area (Å²) in [6.07, 6.45) is 0.203. The lowest BCUT2D eigenvalue weighted by Crippen LogP contribution is -2.28. The van der Waals surface area contributed by atoms with E-state index in [1.807, 2.05) is 24.3 Å². The number of para-hydroxylation sites is 1. The van der Waals surface area contributed by atoms with E-state index in [2.05, 4.69) is 45.1 Å². The van der Waals surface area contributed by atoms with E-state index in [0.717, 1.165) is 11.3 Å². The fraction of sp³-hybridized carbons (Fsp3) is 0.438. The first-order chi connectivity index (χ1) is 11.5. The molecular formula is C16H22N6O2. The number of aromatic nitrogens is 4. The van der Waals surface area contributed by atoms with Gasteiger partial charge in [-0.3, -0.25) is 9.59 Å². The van der Waals surface area contributed by atoms with Gasteiger partial charge in [-0.25, -0.2) is 0 Å². The van der Waals surface area contributed by atoms with Crippen LogP contribution in [0.15, 0.2) is 24.3 Å². The summed E-state index contributed by atoms with van der Waals surface area (Å²) in [6, 6.07) is 7.31. The van der Waals surface area contributed by atoms with Gasteiger partial charge in [0, 0.05) is 18.5 Å². The topological polar surface area (TPSA) is 113 Å². The maximum Gasteiger partial charge on any atom is 0.224 e. The van der Waals surface area contributed by atoms with Crippen LogP contribution >= 0.6 is 0 Å². The van der Waals surface area contributed by atoms with Gasteiger partial charge in [0.2, 0.25) is 11.8 Å². The van der Waals surface area contributed by atoms with E-state index in [1.165, 1.54) is 0 Å². The summed E-state index contributed by atoms with van der Waals surface area (Å²) in [6.45, 7) is 5.89. The minimum atomic E-state index is -0.360. The molecule has 0 aliphatic heterocycles. The van der Waals surface area contributed by atoms with Crippen LogP contribution in [0.1, 0.15) is 57.0 Å². The SMILES string of the molecule is CC(C)c1ccccc1NC(=O)CCC(=O)NC(C)c1nn[nH]n1. The van der Waals surface area contributed by atoms with Crippen molar-refractivity contribution in [2.24, 2.45) is 0 Å². The molecule has 1 unspecified atom stereocenters. The highest BCUT2D eigenvalue weighted by Gasteiger charge is 2.15. The Labute approximate surface area is 140 Å². The summed E-state index contributed by atoms with van der Waals surface area (Å²) in [5.74, 6) is 0.282. The maximum absolute atomic E-state index is 12.1. The largest absolute Gasteiger partial charge is 0.346 e. The number of hydrogen-bond acceptors (Lipinski definition) is 5. The molecule has 2 amide bonds. The zero-order chi connectivity index (χ0) is 17.5. The summed E-state index contributed by atoms with van der Waals surface area (Å²) in [5, 5.41) is 19.0. The number of rotatable bonds is 7. The number of nitrogens with one attached hydrogen (secondary N) is 3. The average molecular weight is 330 g/mol. The summed E-state index contributed by atoms with van der Waals surface area (Å²) in [7, 11) is 0. The van der Waals surface area contributed by atoms with E-state index >= 15 is 0 Å². The summed E-state index contributed by atoms with van der Waals surface area (Å²) < 4.78 is 0. The first-order valence-electron chi connectivity index (χ1n) is 7.89. The van der Waals surface area contributed by atoms with Crippen molar-refractivity contribution in [2.45, 2.75) is 45.6 Å². The molecule has 3 N–H and O–H groups in total. The summed E-state index contributed by atoms with van der Waals surface area (Å²) in [4.78, 5) is 24.0. The molecule has 1 aromatic carbocycles. The number of tetrazole rings is 1. The monoisotopic (exact) mass is 330 g/mol. The van der Waals surface area contributed by atoms with Crippen LogP contribution in [0.4, 0.5) is 5.69 Å². The molecule has 2 rings (SSSR count). The second kappa shape index (κ2) is 8.19. The van der Waals surface area contributed by atoms with Crippen molar-refractivity contribution in [3.8, 4) is 0 Å². The molecule has 0 aliphatic carbocycles. The van der Waals surface area contributed by atoms with Crippen molar-refractivity contribution >= 4 is 17.5 Å². The molecule has 0 saturated carbocycles. The van der Waals surface area contributed by atoms with Crippen molar-refractivity contribution in [2.75, 3.05) is 5.32 Å². The predicted molar refractivity (Wildman–Crippen MR) is 89.1 cm³/mol. The molecule has 0 spiro atoms. The Balaban J connectivity index is 1.82. The van der Waals surface area contributed by atoms with Crippen LogP contribution in [0, 0.1) is 0 Å². The molecule has 0 fully saturated rings. The number of amides is 2. The summed E-state index contributed by atoms with van der Waals surface area (Å²) in [5.41, 5.74) is 1.86. The Morgan fingerprint density at radius 2 is 1.83 bits per heavy atom. The number of hydrogen-bond donors (Lipinski definition) is 3. The molecule has 2 aromatic rings. The van der Waals surface area contributed by atoms with Crippen LogP contribution in [0.5, 0.6) is 0 Å². The van der Waals surface area contributed by atoms with Gasteiger partial charge >= 0.3 is 0 Å². The molecule has 0 aliphatic rings. The smallest absolute Gasteiger partial charge is 0.224 e. The van der Waals surface area contributed by atoms with Crippen molar-refractivity contribution in [1.82, 2.24) is 25.9 Å². The molecule has 0 radical (unpaired) electrons. The van der Waals surface area contributed by atoms with E-state index in [0.29, 0.717) is 11.7 Å². The van der Waals surface area contributed by atoms with Gasteiger partial charge < -0.3 is 10.6 Å². The first kappa shape index (κ1) is 17.6. The van der Waals surface area contributed by atoms with E-state index < -0.39 is 0 Å². The zero-order valence-electron chi connectivity index (χ0n) is 14.0. The Hall–Kier alpha value is -2.77. The van der Waals surface area contributed by atoms with Gasteiger partial charge in [0.05, 0.1) is 6.04 Å². The molecule has 0 saturated heterocycles. The van der Waals surface area contributed by atoms with Crippen molar-refractivity contribution in [3.63, 3.8) is 0 Å². The van der Waals surface area contributed by atoms with Crippen LogP contribution in [-0.4, -0.2) is 32.4 Å². The molecule has 1 heterocycles. The Morgan fingerprint density at radius 3 is 2.50 bits per heavy atom. The lowest BCUT2D eigenvalue weighted by atomic mass is 10.0. The van der Waals surface area contributed by atoms with Crippen LogP contribution in [-0.2, 0) is 9.59 Å². The highest BCUT2D eigenvalue weighted by Crippen LogP contribution is 2.23.